The van der Waals surface area contributed by atoms with Gasteiger partial charge in [-0.05, 0) is 74.7 Å². The highest BCUT2D eigenvalue weighted by atomic mass is 16.5. The smallest absolute Gasteiger partial charge is 0.296 e. The standard InChI is InChI=1S/C30H33N3O4/c1-6-32(7-2)23-13-11-21(12-14-23)26-25(27(34)24-17-19(3)16-20(4)29(24)37-5)28(35)30(36)33(26)18-22-10-8-9-15-31-22/h8-17,26,34H,6-7,18H2,1-5H3/b27-25+. The number of methoxy groups -OCH3 is 1. The van der Waals surface area contributed by atoms with Crippen molar-refractivity contribution in [1.82, 2.24) is 9.88 Å². The maximum Gasteiger partial charge on any atom is 0.296 e. The zero-order valence-electron chi connectivity index (χ0n) is 22.0. The molecule has 2 heterocycles. The number of anilines is 1. The van der Waals surface area contributed by atoms with Gasteiger partial charge in [-0.15, -0.1) is 0 Å². The highest BCUT2D eigenvalue weighted by molar-refractivity contribution is 6.46. The van der Waals surface area contributed by atoms with Gasteiger partial charge in [0.1, 0.15) is 11.5 Å². The van der Waals surface area contributed by atoms with Crippen LogP contribution >= 0.6 is 0 Å². The molecule has 1 aliphatic heterocycles. The second-order valence-electron chi connectivity index (χ2n) is 9.17. The van der Waals surface area contributed by atoms with Gasteiger partial charge < -0.3 is 19.6 Å². The van der Waals surface area contributed by atoms with Gasteiger partial charge >= 0.3 is 0 Å². The van der Waals surface area contributed by atoms with E-state index in [4.69, 9.17) is 4.74 Å². The lowest BCUT2D eigenvalue weighted by molar-refractivity contribution is -0.140. The fraction of sp³-hybridized carbons (Fsp3) is 0.300. The molecule has 7 nitrogen and oxygen atoms in total. The van der Waals surface area contributed by atoms with Gasteiger partial charge in [0, 0.05) is 25.0 Å². The van der Waals surface area contributed by atoms with E-state index in [0.29, 0.717) is 17.0 Å². The monoisotopic (exact) mass is 499 g/mol. The summed E-state index contributed by atoms with van der Waals surface area (Å²) < 4.78 is 5.58. The minimum atomic E-state index is -0.779. The van der Waals surface area contributed by atoms with Crippen LogP contribution in [-0.2, 0) is 16.1 Å². The van der Waals surface area contributed by atoms with Gasteiger partial charge in [0.2, 0.25) is 0 Å². The molecule has 1 unspecified atom stereocenters. The second-order valence-corrected chi connectivity index (χ2v) is 9.17. The molecular weight excluding hydrogens is 466 g/mol. The minimum absolute atomic E-state index is 0.0415. The van der Waals surface area contributed by atoms with E-state index in [9.17, 15) is 14.7 Å². The Morgan fingerprint density at radius 1 is 1.05 bits per heavy atom. The molecule has 1 amide bonds. The molecule has 1 aliphatic rings. The number of hydrogen-bond donors (Lipinski definition) is 1. The summed E-state index contributed by atoms with van der Waals surface area (Å²) in [7, 11) is 1.53. The van der Waals surface area contributed by atoms with Crippen LogP contribution in [0.4, 0.5) is 5.69 Å². The Labute approximate surface area is 218 Å². The normalized spacial score (nSPS) is 16.8. The molecule has 1 atom stereocenters. The maximum atomic E-state index is 13.5. The Hall–Kier alpha value is -4.13. The van der Waals surface area contributed by atoms with Gasteiger partial charge in [0.25, 0.3) is 11.7 Å². The number of aliphatic hydroxyl groups is 1. The number of carbonyl (C=O) groups excluding carboxylic acids is 2. The lowest BCUT2D eigenvalue weighted by Gasteiger charge is -2.26. The van der Waals surface area contributed by atoms with Crippen LogP contribution in [0, 0.1) is 13.8 Å². The molecule has 1 N–H and O–H groups in total. The number of nitrogens with zero attached hydrogens (tertiary/aromatic N) is 3. The molecule has 0 saturated carbocycles. The zero-order chi connectivity index (χ0) is 26.7. The summed E-state index contributed by atoms with van der Waals surface area (Å²) in [5.41, 5.74) is 4.59. The first kappa shape index (κ1) is 25.9. The molecule has 1 aromatic heterocycles. The first-order valence-electron chi connectivity index (χ1n) is 12.5. The molecule has 0 spiro atoms. The molecule has 0 aliphatic carbocycles. The summed E-state index contributed by atoms with van der Waals surface area (Å²) in [6.07, 6.45) is 1.65. The predicted octanol–water partition coefficient (Wildman–Crippen LogP) is 5.18. The van der Waals surface area contributed by atoms with Crippen LogP contribution < -0.4 is 9.64 Å². The Balaban J connectivity index is 1.90. The van der Waals surface area contributed by atoms with Gasteiger partial charge in [0.15, 0.2) is 0 Å². The van der Waals surface area contributed by atoms with Gasteiger partial charge in [-0.2, -0.15) is 0 Å². The predicted molar refractivity (Wildman–Crippen MR) is 145 cm³/mol. The van der Waals surface area contributed by atoms with Crippen molar-refractivity contribution in [2.24, 2.45) is 0 Å². The number of pyridine rings is 1. The van der Waals surface area contributed by atoms with E-state index in [1.807, 2.05) is 56.3 Å². The molecule has 7 heteroatoms. The molecule has 2 aromatic carbocycles. The first-order chi connectivity index (χ1) is 17.8. The number of aryl methyl sites for hydroxylation is 2. The van der Waals surface area contributed by atoms with E-state index < -0.39 is 17.7 Å². The Morgan fingerprint density at radius 3 is 2.35 bits per heavy atom. The third-order valence-electron chi connectivity index (χ3n) is 6.81. The van der Waals surface area contributed by atoms with Crippen molar-refractivity contribution in [3.8, 4) is 5.75 Å². The van der Waals surface area contributed by atoms with Crippen LogP contribution in [0.15, 0.2) is 66.4 Å². The lowest BCUT2D eigenvalue weighted by atomic mass is 9.93. The maximum absolute atomic E-state index is 13.5. The second kappa shape index (κ2) is 10.9. The van der Waals surface area contributed by atoms with Crippen LogP contribution in [0.2, 0.25) is 0 Å². The lowest BCUT2D eigenvalue weighted by Crippen LogP contribution is -2.29. The van der Waals surface area contributed by atoms with Gasteiger partial charge in [-0.25, -0.2) is 0 Å². The number of likely N-dealkylation sites (tertiary alicyclic amines) is 1. The van der Waals surface area contributed by atoms with Crippen molar-refractivity contribution in [3.05, 3.63) is 94.3 Å². The highest BCUT2D eigenvalue weighted by Gasteiger charge is 2.46. The third-order valence-corrected chi connectivity index (χ3v) is 6.81. The van der Waals surface area contributed by atoms with E-state index in [1.54, 1.807) is 18.3 Å². The number of carbonyl (C=O) groups is 2. The van der Waals surface area contributed by atoms with Crippen molar-refractivity contribution in [1.29, 1.82) is 0 Å². The van der Waals surface area contributed by atoms with Crippen molar-refractivity contribution in [2.45, 2.75) is 40.3 Å². The van der Waals surface area contributed by atoms with Crippen LogP contribution in [0.5, 0.6) is 5.75 Å². The van der Waals surface area contributed by atoms with Crippen LogP contribution in [0.3, 0.4) is 0 Å². The summed E-state index contributed by atoms with van der Waals surface area (Å²) in [6, 6.07) is 16.2. The number of rotatable bonds is 8. The Bertz CT molecular complexity index is 1330. The van der Waals surface area contributed by atoms with Crippen molar-refractivity contribution in [2.75, 3.05) is 25.1 Å². The third kappa shape index (κ3) is 4.94. The Morgan fingerprint density at radius 2 is 1.76 bits per heavy atom. The van der Waals surface area contributed by atoms with E-state index in [2.05, 4.69) is 23.7 Å². The van der Waals surface area contributed by atoms with E-state index in [1.165, 1.54) is 12.0 Å². The number of benzene rings is 2. The van der Waals surface area contributed by atoms with Crippen LogP contribution in [0.25, 0.3) is 5.76 Å². The minimum Gasteiger partial charge on any atom is -0.507 e. The molecule has 37 heavy (non-hydrogen) atoms. The zero-order valence-corrected chi connectivity index (χ0v) is 22.0. The first-order valence-corrected chi connectivity index (χ1v) is 12.5. The number of Topliss-reactive ketones (excluding diaryl/α,β-unsaturated/α-hetero) is 1. The van der Waals surface area contributed by atoms with Crippen molar-refractivity contribution < 1.29 is 19.4 Å². The Kier molecular flexibility index (Phi) is 7.62. The summed E-state index contributed by atoms with van der Waals surface area (Å²) >= 11 is 0. The quantitative estimate of drug-likeness (QED) is 0.261. The van der Waals surface area contributed by atoms with Crippen molar-refractivity contribution >= 4 is 23.1 Å². The molecule has 3 aromatic rings. The molecule has 4 rings (SSSR count). The van der Waals surface area contributed by atoms with Gasteiger partial charge in [-0.1, -0.05) is 24.3 Å². The average Bonchev–Trinajstić information content (AvgIpc) is 3.14. The average molecular weight is 500 g/mol. The fourth-order valence-corrected chi connectivity index (χ4v) is 5.06. The van der Waals surface area contributed by atoms with E-state index in [-0.39, 0.29) is 17.9 Å². The number of aromatic nitrogens is 1. The van der Waals surface area contributed by atoms with Crippen LogP contribution in [-0.4, -0.2) is 46.9 Å². The molecule has 0 radical (unpaired) electrons. The van der Waals surface area contributed by atoms with Gasteiger partial charge in [0.05, 0.1) is 36.5 Å². The molecule has 0 bridgehead atoms. The number of aliphatic hydroxyl groups excluding tert-OH is 1. The van der Waals surface area contributed by atoms with E-state index >= 15 is 0 Å². The molecular formula is C30H33N3O4. The number of amides is 1. The van der Waals surface area contributed by atoms with Crippen molar-refractivity contribution in [3.63, 3.8) is 0 Å². The summed E-state index contributed by atoms with van der Waals surface area (Å²) in [5, 5.41) is 11.6. The van der Waals surface area contributed by atoms with Gasteiger partial charge in [-0.3, -0.25) is 14.6 Å². The van der Waals surface area contributed by atoms with Crippen LogP contribution in [0.1, 0.15) is 47.8 Å². The summed E-state index contributed by atoms with van der Waals surface area (Å²) in [4.78, 5) is 34.9. The van der Waals surface area contributed by atoms with E-state index in [0.717, 1.165) is 35.5 Å². The SMILES string of the molecule is CCN(CC)c1ccc(C2/C(=C(\O)c3cc(C)cc(C)c3OC)C(=O)C(=O)N2Cc2ccccn2)cc1. The number of ether oxygens (including phenoxy) is 1. The number of ketones is 1. The fourth-order valence-electron chi connectivity index (χ4n) is 5.06. The largest absolute Gasteiger partial charge is 0.507 e. The topological polar surface area (TPSA) is 83.0 Å². The molecule has 192 valence electrons. The highest BCUT2D eigenvalue weighted by Crippen LogP contribution is 2.42. The summed E-state index contributed by atoms with van der Waals surface area (Å²) in [5.74, 6) is -1.18. The number of hydrogen-bond acceptors (Lipinski definition) is 6. The molecule has 1 saturated heterocycles. The molecule has 1 fully saturated rings. The summed E-state index contributed by atoms with van der Waals surface area (Å²) in [6.45, 7) is 9.83.